The lowest BCUT2D eigenvalue weighted by molar-refractivity contribution is -0.410. The van der Waals surface area contributed by atoms with E-state index in [9.17, 15) is 126 Å². The molecule has 0 radical (unpaired) electrons. The van der Waals surface area contributed by atoms with Gasteiger partial charge in [0.1, 0.15) is 152 Å². The third-order valence-corrected chi connectivity index (χ3v) is 33.8. The fourth-order valence-corrected chi connectivity index (χ4v) is 24.9. The Hall–Kier alpha value is -4.82. The van der Waals surface area contributed by atoms with Crippen LogP contribution in [0.2, 0.25) is 0 Å². The molecule has 802 valence electrons. The molecule has 0 bridgehead atoms. The number of amides is 3. The summed E-state index contributed by atoms with van der Waals surface area (Å²) < 4.78 is 118. The monoisotopic (exact) mass is 2020 g/mol. The average molecular weight is 2030 g/mol. The van der Waals surface area contributed by atoms with Gasteiger partial charge in [-0.25, -0.2) is 5.43 Å². The highest BCUT2D eigenvalue weighted by atomic mass is 16.8. The fraction of sp³-hybridized carbons (Fsp3) is 0.892. The Morgan fingerprint density at radius 1 is 0.461 bits per heavy atom. The number of aliphatic hydroxyl groups excluding tert-OH is 21. The van der Waals surface area contributed by atoms with Gasteiger partial charge in [-0.3, -0.25) is 28.9 Å². The summed E-state index contributed by atoms with van der Waals surface area (Å²) in [6.07, 6.45) is -62.6. The second kappa shape index (κ2) is 44.0. The predicted molar refractivity (Wildman–Crippen MR) is 467 cm³/mol. The lowest BCUT2D eigenvalue weighted by atomic mass is 9.33. The van der Waals surface area contributed by atoms with E-state index in [1.165, 1.54) is 32.9 Å². The molecule has 0 aromatic carbocycles. The summed E-state index contributed by atoms with van der Waals surface area (Å²) in [6, 6.07) is 0. The number of unbranched alkanes of at least 4 members (excludes halogenated alkanes) is 2. The van der Waals surface area contributed by atoms with Crippen LogP contribution in [0.25, 0.3) is 0 Å². The maximum Gasteiger partial charge on any atom is 0.317 e. The molecule has 3 amide bonds. The van der Waals surface area contributed by atoms with Gasteiger partial charge >= 0.3 is 5.97 Å². The van der Waals surface area contributed by atoms with Crippen molar-refractivity contribution in [3.63, 3.8) is 0 Å². The summed E-state index contributed by atoms with van der Waals surface area (Å²) in [6.45, 7) is 16.9. The van der Waals surface area contributed by atoms with Crippen LogP contribution in [0.5, 0.6) is 0 Å². The number of nitrogens with one attached hydrogen (secondary N) is 1. The molecule has 15 aliphatic rings. The van der Waals surface area contributed by atoms with Crippen LogP contribution in [0.1, 0.15) is 160 Å². The Morgan fingerprint density at radius 2 is 0.972 bits per heavy atom. The first kappa shape index (κ1) is 110. The molecule has 10 heterocycles. The van der Waals surface area contributed by atoms with Crippen LogP contribution in [-0.2, 0) is 114 Å². The van der Waals surface area contributed by atoms with Gasteiger partial charge in [-0.2, -0.15) is 5.10 Å². The number of ether oxygens (including phenoxy) is 19. The standard InChI is InChI=1S/C93H145N3O45/c1-36-38(3)127-84(67(119)70(36)133-78-62(114)56(108)43(100)31-123-78)135-72-40(5)129-85(75(66(72)118)138-77-37(2)55(107)71(39(4)128-77)134-80-68(120)73(45(102)33-125-80)136-82-64(116)60(112)58(110)46(29-97)130-82)141-87(122)93-25-24-88(6,7)27-42(93)41-16-17-49-89(8)22-21-51(90(9,48(89)20-23-91(49,10)92(41,11)28-50(93)103)34-94-95-52(104)15-13-12-14-26-96-53(105)18-19-54(96)106)132-86-76(139-83-65(117)61(113)59(111)47(30-98)131-83)74(69(121)81(140-86)126-35-99)137-79-63(115)57(109)44(101)32-124-79/h16,18-19,34-40,42-51,55-86,97-98,100-103,107-121H,12-15,17,20-33H2,1-11H3,(H,95,104)/b94-34+/t36?,37?,38?,39?,40?,42?,43?,44?,45?,46?,47?,48?,49?,50?,51-,55?,56?,57?,58?,59?,60?,61?,62?,63?,64?,65?,66?,67?,68?,69?,70?,71?,72?,73?,74?,75?,76?,77?,78?,79?,80?,81?,82?,83?,84?,85?,86?,89-,90-,91+,92+,93+/m0/s1. The summed E-state index contributed by atoms with van der Waals surface area (Å²) in [5.74, 6) is -5.81. The van der Waals surface area contributed by atoms with E-state index in [2.05, 4.69) is 51.2 Å². The molecule has 48 heteroatoms. The number of nitrogens with zero attached hydrogens (tertiary/aromatic N) is 2. The number of hydrazone groups is 1. The van der Waals surface area contributed by atoms with Crippen LogP contribution in [0.3, 0.4) is 0 Å². The highest BCUT2D eigenvalue weighted by Gasteiger charge is 2.74. The molecule has 22 N–H and O–H groups in total. The Labute approximate surface area is 813 Å². The summed E-state index contributed by atoms with van der Waals surface area (Å²) >= 11 is 0. The van der Waals surface area contributed by atoms with Crippen LogP contribution in [0.4, 0.5) is 0 Å². The maximum atomic E-state index is 16.6. The van der Waals surface area contributed by atoms with E-state index in [-0.39, 0.29) is 44.6 Å². The Kier molecular flexibility index (Phi) is 34.4. The van der Waals surface area contributed by atoms with Crippen molar-refractivity contribution in [1.29, 1.82) is 0 Å². The topological polar surface area (TPSA) is 713 Å². The number of aliphatic hydroxyl groups is 21. The largest absolute Gasteiger partial charge is 0.435 e. The van der Waals surface area contributed by atoms with E-state index in [1.54, 1.807) is 20.1 Å². The fourth-order valence-electron chi connectivity index (χ4n) is 24.9. The molecule has 5 aliphatic carbocycles. The van der Waals surface area contributed by atoms with E-state index in [1.807, 2.05) is 6.92 Å². The van der Waals surface area contributed by atoms with Gasteiger partial charge in [0.25, 0.3) is 18.3 Å². The van der Waals surface area contributed by atoms with Gasteiger partial charge in [-0.05, 0) is 131 Å². The molecule has 15 rings (SSSR count). The third-order valence-electron chi connectivity index (χ3n) is 33.8. The number of imide groups is 1. The van der Waals surface area contributed by atoms with Gasteiger partial charge in [0.15, 0.2) is 56.4 Å². The number of fused-ring (bicyclic) bond motifs is 7. The van der Waals surface area contributed by atoms with E-state index in [4.69, 9.17) is 90.0 Å². The minimum Gasteiger partial charge on any atom is -0.435 e. The average Bonchev–Trinajstić information content (AvgIpc) is 0.701. The number of esters is 1. The van der Waals surface area contributed by atoms with Crippen molar-refractivity contribution < 1.29 is 221 Å². The highest BCUT2D eigenvalue weighted by Crippen LogP contribution is 2.76. The van der Waals surface area contributed by atoms with Gasteiger partial charge < -0.3 is 197 Å². The SMILES string of the molecule is CC1OC(OC2C(C)OC(OC(=O)[C@]34CCC(C)(C)CC3C3=CCC5[C@@]6(C)CC[C@H](OC7OC(OC=O)C(O)C(OC8OCC(O)C(O)C8O)C7OC7OC(CO)C(O)C(O)C7O)[C@@](C)(/C=N/NC(=O)CCCCCN7C(=O)C=CC7=O)C6CC[C@@]5(C)[C@]3(C)CC4O)C(OC3OC(C)C(OC4OCC(O)C(OC5OC(CO)C(O)C(O)C5O)C4O)C(O)C3C)C2O)C(O)C(OC2OCC(O)C(O)C2O)C1C. The molecule has 48 nitrogen and oxygen atoms in total. The maximum absolute atomic E-state index is 16.6. The summed E-state index contributed by atoms with van der Waals surface area (Å²) in [7, 11) is 0. The Balaban J connectivity index is 0.725. The van der Waals surface area contributed by atoms with Crippen molar-refractivity contribution in [2.45, 2.75) is 418 Å². The van der Waals surface area contributed by atoms with Crippen molar-refractivity contribution in [3.8, 4) is 0 Å². The van der Waals surface area contributed by atoms with Crippen molar-refractivity contribution in [2.24, 2.45) is 67.2 Å². The summed E-state index contributed by atoms with van der Waals surface area (Å²) in [5, 5.41) is 242. The molecular formula is C93H145N3O45. The quantitative estimate of drug-likeness (QED) is 0.00465. The lowest BCUT2D eigenvalue weighted by Crippen LogP contribution is -2.69. The molecular weight excluding hydrogens is 1880 g/mol. The highest BCUT2D eigenvalue weighted by molar-refractivity contribution is 6.12. The van der Waals surface area contributed by atoms with Gasteiger partial charge in [0, 0.05) is 48.6 Å². The zero-order valence-corrected chi connectivity index (χ0v) is 80.5. The second-order valence-electron chi connectivity index (χ2n) is 42.9. The van der Waals surface area contributed by atoms with Crippen LogP contribution < -0.4 is 5.43 Å². The molecule has 13 fully saturated rings. The molecule has 52 atom stereocenters. The zero-order chi connectivity index (χ0) is 102. The van der Waals surface area contributed by atoms with E-state index < -0.39 is 371 Å². The number of allylic oxidation sites excluding steroid dienone is 2. The van der Waals surface area contributed by atoms with Gasteiger partial charge in [0.05, 0.1) is 75.8 Å². The number of carbonyl (C=O) groups is 5. The second-order valence-corrected chi connectivity index (χ2v) is 42.9. The van der Waals surface area contributed by atoms with Crippen LogP contribution in [0, 0.1) is 62.1 Å². The first-order chi connectivity index (χ1) is 66.5. The number of rotatable bonds is 30. The molecule has 0 aromatic heterocycles. The molecule has 9 saturated heterocycles. The van der Waals surface area contributed by atoms with Gasteiger partial charge in [0.2, 0.25) is 18.5 Å². The first-order valence-electron chi connectivity index (χ1n) is 49.1. The van der Waals surface area contributed by atoms with Gasteiger partial charge in [-0.1, -0.05) is 73.5 Å². The van der Waals surface area contributed by atoms with E-state index >= 15 is 4.79 Å². The van der Waals surface area contributed by atoms with Crippen molar-refractivity contribution in [2.75, 3.05) is 39.6 Å². The number of hydrogen-bond donors (Lipinski definition) is 22. The molecule has 46 unspecified atom stereocenters. The zero-order valence-electron chi connectivity index (χ0n) is 80.5. The first-order valence-corrected chi connectivity index (χ1v) is 49.1. The number of hydrogen-bond acceptors (Lipinski definition) is 46. The predicted octanol–water partition coefficient (Wildman–Crippen LogP) is -6.69. The number of carbonyl (C=O) groups excluding carboxylic acids is 5. The molecule has 10 aliphatic heterocycles. The van der Waals surface area contributed by atoms with Crippen LogP contribution >= 0.6 is 0 Å². The third kappa shape index (κ3) is 21.0. The van der Waals surface area contributed by atoms with Crippen LogP contribution in [0.15, 0.2) is 28.9 Å². The van der Waals surface area contributed by atoms with Crippen LogP contribution in [-0.4, -0.2) is 446 Å². The summed E-state index contributed by atoms with van der Waals surface area (Å²) in [5.41, 5.74) is -2.58. The Morgan fingerprint density at radius 3 is 1.57 bits per heavy atom. The van der Waals surface area contributed by atoms with E-state index in [0.717, 1.165) is 10.5 Å². The summed E-state index contributed by atoms with van der Waals surface area (Å²) in [4.78, 5) is 68.8. The van der Waals surface area contributed by atoms with Gasteiger partial charge in [-0.15, -0.1) is 0 Å². The minimum atomic E-state index is -2.12. The minimum absolute atomic E-state index is 0.0284. The lowest BCUT2D eigenvalue weighted by Gasteiger charge is -2.71. The smallest absolute Gasteiger partial charge is 0.317 e. The van der Waals surface area contributed by atoms with Crippen molar-refractivity contribution in [3.05, 3.63) is 23.8 Å². The Bertz CT molecular complexity index is 4340. The van der Waals surface area contributed by atoms with Crippen molar-refractivity contribution in [1.82, 2.24) is 10.3 Å². The molecule has 0 aromatic rings. The molecule has 4 saturated carbocycles. The van der Waals surface area contributed by atoms with Crippen molar-refractivity contribution >= 4 is 36.4 Å². The van der Waals surface area contributed by atoms with E-state index in [0.29, 0.717) is 57.8 Å². The normalized spacial score (nSPS) is 51.2. The molecule has 141 heavy (non-hydrogen) atoms. The molecule has 0 spiro atoms.